The van der Waals surface area contributed by atoms with Crippen molar-refractivity contribution in [2.75, 3.05) is 0 Å². The van der Waals surface area contributed by atoms with Gasteiger partial charge in [-0.2, -0.15) is 0 Å². The maximum absolute atomic E-state index is 11.3. The molecule has 1 saturated carbocycles. The molecule has 1 aliphatic carbocycles. The second-order valence-corrected chi connectivity index (χ2v) is 4.49. The Labute approximate surface area is 87.6 Å². The van der Waals surface area contributed by atoms with Gasteiger partial charge in [-0.05, 0) is 18.3 Å². The Bertz CT molecular complexity index is 195. The van der Waals surface area contributed by atoms with Crippen molar-refractivity contribution in [1.29, 1.82) is 0 Å². The zero-order chi connectivity index (χ0) is 10.4. The zero-order valence-electron chi connectivity index (χ0n) is 9.30. The van der Waals surface area contributed by atoms with Crippen molar-refractivity contribution < 1.29 is 4.79 Å². The summed E-state index contributed by atoms with van der Waals surface area (Å²) in [5.74, 6) is 1.97. The Balaban J connectivity index is 2.02. The van der Waals surface area contributed by atoms with Gasteiger partial charge in [0.1, 0.15) is 5.78 Å². The third-order valence-corrected chi connectivity index (χ3v) is 3.11. The van der Waals surface area contributed by atoms with E-state index >= 15 is 0 Å². The summed E-state index contributed by atoms with van der Waals surface area (Å²) in [6.45, 7) is 5.82. The predicted octanol–water partition coefficient (Wildman–Crippen LogP) is 3.74. The van der Waals surface area contributed by atoms with Gasteiger partial charge in [-0.15, -0.1) is 6.58 Å². The summed E-state index contributed by atoms with van der Waals surface area (Å²) in [5.41, 5.74) is 0. The van der Waals surface area contributed by atoms with E-state index in [1.807, 2.05) is 0 Å². The molecule has 0 aromatic carbocycles. The molecular weight excluding hydrogens is 172 g/mol. The Hall–Kier alpha value is -0.590. The van der Waals surface area contributed by atoms with Crippen LogP contribution in [0, 0.1) is 11.8 Å². The largest absolute Gasteiger partial charge is 0.299 e. The summed E-state index contributed by atoms with van der Waals surface area (Å²) in [5, 5.41) is 0. The van der Waals surface area contributed by atoms with Crippen LogP contribution < -0.4 is 0 Å². The first-order chi connectivity index (χ1) is 6.77. The fraction of sp³-hybridized carbons (Fsp3) is 0.769. The molecule has 0 aromatic heterocycles. The smallest absolute Gasteiger partial charge is 0.136 e. The van der Waals surface area contributed by atoms with Gasteiger partial charge < -0.3 is 0 Å². The Morgan fingerprint density at radius 3 is 2.86 bits per heavy atom. The number of carbonyl (C=O) groups excluding carboxylic acids is 1. The highest BCUT2D eigenvalue weighted by Gasteiger charge is 2.36. The molecule has 0 aliphatic heterocycles. The lowest BCUT2D eigenvalue weighted by molar-refractivity contribution is -0.118. The van der Waals surface area contributed by atoms with Gasteiger partial charge in [0, 0.05) is 12.8 Å². The molecule has 0 N–H and O–H groups in total. The molecular formula is C13H22O. The molecule has 1 heteroatoms. The van der Waals surface area contributed by atoms with Gasteiger partial charge in [-0.25, -0.2) is 0 Å². The molecule has 0 bridgehead atoms. The molecule has 14 heavy (non-hydrogen) atoms. The number of carbonyl (C=O) groups is 1. The topological polar surface area (TPSA) is 17.1 Å². The van der Waals surface area contributed by atoms with Crippen molar-refractivity contribution in [3.63, 3.8) is 0 Å². The van der Waals surface area contributed by atoms with Crippen molar-refractivity contribution >= 4 is 5.78 Å². The standard InChI is InChI=1S/C13H22O/c1-3-5-6-8-11-9-12(11)10-13(14)7-4-2/h4,11-12H,2-3,5-10H2,1H3. The maximum atomic E-state index is 11.3. The Morgan fingerprint density at radius 2 is 2.21 bits per heavy atom. The molecule has 0 spiro atoms. The molecule has 1 aliphatic rings. The van der Waals surface area contributed by atoms with E-state index in [9.17, 15) is 4.79 Å². The molecule has 2 atom stereocenters. The van der Waals surface area contributed by atoms with Crippen LogP contribution >= 0.6 is 0 Å². The van der Waals surface area contributed by atoms with Crippen LogP contribution in [0.15, 0.2) is 12.7 Å². The minimum atomic E-state index is 0.378. The monoisotopic (exact) mass is 194 g/mol. The average Bonchev–Trinajstić information content (AvgIpc) is 2.84. The number of rotatable bonds is 8. The summed E-state index contributed by atoms with van der Waals surface area (Å²) in [6, 6.07) is 0. The van der Waals surface area contributed by atoms with Crippen LogP contribution in [-0.4, -0.2) is 5.78 Å². The predicted molar refractivity (Wildman–Crippen MR) is 60.2 cm³/mol. The van der Waals surface area contributed by atoms with Gasteiger partial charge in [0.2, 0.25) is 0 Å². The lowest BCUT2D eigenvalue weighted by Gasteiger charge is -1.98. The quantitative estimate of drug-likeness (QED) is 0.425. The minimum absolute atomic E-state index is 0.378. The number of hydrogen-bond donors (Lipinski definition) is 0. The summed E-state index contributed by atoms with van der Waals surface area (Å²) < 4.78 is 0. The molecule has 1 fully saturated rings. The van der Waals surface area contributed by atoms with Gasteiger partial charge in [0.15, 0.2) is 0 Å². The highest BCUT2D eigenvalue weighted by molar-refractivity contribution is 5.80. The molecule has 0 heterocycles. The van der Waals surface area contributed by atoms with E-state index in [1.54, 1.807) is 6.08 Å². The van der Waals surface area contributed by atoms with Gasteiger partial charge in [0.05, 0.1) is 0 Å². The molecule has 0 amide bonds. The van der Waals surface area contributed by atoms with E-state index in [-0.39, 0.29) is 0 Å². The number of unbranched alkanes of at least 4 members (excludes halogenated alkanes) is 2. The second-order valence-electron chi connectivity index (χ2n) is 4.49. The van der Waals surface area contributed by atoms with Crippen LogP contribution in [0.4, 0.5) is 0 Å². The summed E-state index contributed by atoms with van der Waals surface area (Å²) in [4.78, 5) is 11.3. The highest BCUT2D eigenvalue weighted by atomic mass is 16.1. The molecule has 80 valence electrons. The normalized spacial score (nSPS) is 24.6. The highest BCUT2D eigenvalue weighted by Crippen LogP contribution is 2.45. The maximum Gasteiger partial charge on any atom is 0.136 e. The van der Waals surface area contributed by atoms with Crippen molar-refractivity contribution in [2.24, 2.45) is 11.8 Å². The summed E-state index contributed by atoms with van der Waals surface area (Å²) in [6.07, 6.45) is 9.74. The van der Waals surface area contributed by atoms with E-state index < -0.39 is 0 Å². The number of hydrogen-bond acceptors (Lipinski definition) is 1. The van der Waals surface area contributed by atoms with Crippen LogP contribution in [0.5, 0.6) is 0 Å². The minimum Gasteiger partial charge on any atom is -0.299 e. The van der Waals surface area contributed by atoms with Crippen LogP contribution in [0.2, 0.25) is 0 Å². The van der Waals surface area contributed by atoms with Gasteiger partial charge in [-0.3, -0.25) is 4.79 Å². The molecule has 2 unspecified atom stereocenters. The van der Waals surface area contributed by atoms with Gasteiger partial charge >= 0.3 is 0 Å². The molecule has 0 saturated heterocycles. The summed E-state index contributed by atoms with van der Waals surface area (Å²) in [7, 11) is 0. The van der Waals surface area contributed by atoms with Crippen molar-refractivity contribution in [3.05, 3.63) is 12.7 Å². The number of Topliss-reactive ketones (excluding diaryl/α,β-unsaturated/α-hetero) is 1. The van der Waals surface area contributed by atoms with E-state index in [2.05, 4.69) is 13.5 Å². The number of allylic oxidation sites excluding steroid dienone is 1. The Morgan fingerprint density at radius 1 is 1.43 bits per heavy atom. The first-order valence-corrected chi connectivity index (χ1v) is 5.90. The fourth-order valence-electron chi connectivity index (χ4n) is 2.11. The van der Waals surface area contributed by atoms with E-state index in [4.69, 9.17) is 0 Å². The first-order valence-electron chi connectivity index (χ1n) is 5.90. The first kappa shape index (κ1) is 11.5. The van der Waals surface area contributed by atoms with Gasteiger partial charge in [0.25, 0.3) is 0 Å². The van der Waals surface area contributed by atoms with Gasteiger partial charge in [-0.1, -0.05) is 38.7 Å². The van der Waals surface area contributed by atoms with Crippen LogP contribution in [-0.2, 0) is 4.79 Å². The lowest BCUT2D eigenvalue weighted by Crippen LogP contribution is -1.97. The van der Waals surface area contributed by atoms with Crippen molar-refractivity contribution in [2.45, 2.75) is 51.9 Å². The average molecular weight is 194 g/mol. The number of ketones is 1. The SMILES string of the molecule is C=CCC(=O)CC1CC1CCCCC. The van der Waals surface area contributed by atoms with Crippen LogP contribution in [0.1, 0.15) is 51.9 Å². The van der Waals surface area contributed by atoms with E-state index in [0.717, 1.165) is 18.3 Å². The second kappa shape index (κ2) is 6.00. The zero-order valence-corrected chi connectivity index (χ0v) is 9.30. The molecule has 1 rings (SSSR count). The fourth-order valence-corrected chi connectivity index (χ4v) is 2.11. The third-order valence-electron chi connectivity index (χ3n) is 3.11. The van der Waals surface area contributed by atoms with E-state index in [0.29, 0.717) is 12.2 Å². The van der Waals surface area contributed by atoms with E-state index in [1.165, 1.54) is 32.1 Å². The molecule has 0 radical (unpaired) electrons. The summed E-state index contributed by atoms with van der Waals surface area (Å²) >= 11 is 0. The van der Waals surface area contributed by atoms with Crippen LogP contribution in [0.3, 0.4) is 0 Å². The van der Waals surface area contributed by atoms with Crippen molar-refractivity contribution in [1.82, 2.24) is 0 Å². The lowest BCUT2D eigenvalue weighted by atomic mass is 10.1. The molecule has 1 nitrogen and oxygen atoms in total. The Kier molecular flexibility index (Phi) is 4.92. The molecule has 0 aromatic rings. The third kappa shape index (κ3) is 4.08. The van der Waals surface area contributed by atoms with Crippen LogP contribution in [0.25, 0.3) is 0 Å². The van der Waals surface area contributed by atoms with Crippen molar-refractivity contribution in [3.8, 4) is 0 Å².